The molecule has 4 rings (SSSR count). The molecular formula is C21H20FN3O4. The van der Waals surface area contributed by atoms with Crippen molar-refractivity contribution < 1.29 is 23.5 Å². The number of amides is 3. The lowest BCUT2D eigenvalue weighted by Crippen LogP contribution is -2.28. The summed E-state index contributed by atoms with van der Waals surface area (Å²) in [5.41, 5.74) is 1.41. The van der Waals surface area contributed by atoms with Crippen molar-refractivity contribution in [1.29, 1.82) is 0 Å². The van der Waals surface area contributed by atoms with Crippen LogP contribution in [-0.4, -0.2) is 49.4 Å². The van der Waals surface area contributed by atoms with Crippen LogP contribution in [0.3, 0.4) is 0 Å². The number of fused-ring (bicyclic) bond motifs is 1. The Morgan fingerprint density at radius 2 is 1.93 bits per heavy atom. The van der Waals surface area contributed by atoms with Crippen LogP contribution in [0, 0.1) is 11.7 Å². The van der Waals surface area contributed by atoms with E-state index in [1.54, 1.807) is 30.1 Å². The fourth-order valence-electron chi connectivity index (χ4n) is 3.50. The number of carbonyl (C=O) groups is 3. The SMILES string of the molecule is CN1CCOc2ccc(NC(=O)[C@@H]3CC(=O)N(c4ccc(F)cc4)C3)cc2C1=O. The van der Waals surface area contributed by atoms with Crippen LogP contribution in [0.2, 0.25) is 0 Å². The maximum atomic E-state index is 13.1. The van der Waals surface area contributed by atoms with Crippen molar-refractivity contribution >= 4 is 29.1 Å². The number of hydrogen-bond donors (Lipinski definition) is 1. The number of nitrogens with one attached hydrogen (secondary N) is 1. The summed E-state index contributed by atoms with van der Waals surface area (Å²) < 4.78 is 18.7. The first kappa shape index (κ1) is 18.9. The van der Waals surface area contributed by atoms with E-state index in [1.807, 2.05) is 0 Å². The minimum Gasteiger partial charge on any atom is -0.491 e. The minimum absolute atomic E-state index is 0.0684. The molecule has 8 heteroatoms. The molecule has 2 aromatic carbocycles. The zero-order valence-corrected chi connectivity index (χ0v) is 15.9. The molecule has 29 heavy (non-hydrogen) atoms. The highest BCUT2D eigenvalue weighted by Crippen LogP contribution is 2.29. The van der Waals surface area contributed by atoms with Gasteiger partial charge in [0.25, 0.3) is 5.91 Å². The zero-order valence-electron chi connectivity index (χ0n) is 15.9. The van der Waals surface area contributed by atoms with E-state index in [4.69, 9.17) is 4.74 Å². The first-order chi connectivity index (χ1) is 13.9. The molecule has 1 saturated heterocycles. The highest BCUT2D eigenvalue weighted by atomic mass is 19.1. The number of benzene rings is 2. The molecule has 0 unspecified atom stereocenters. The molecule has 0 aromatic heterocycles. The van der Waals surface area contributed by atoms with Crippen molar-refractivity contribution in [3.05, 3.63) is 53.8 Å². The normalized spacial score (nSPS) is 18.9. The lowest BCUT2D eigenvalue weighted by atomic mass is 10.1. The lowest BCUT2D eigenvalue weighted by molar-refractivity contribution is -0.122. The number of nitrogens with zero attached hydrogens (tertiary/aromatic N) is 2. The Bertz CT molecular complexity index is 976. The fraction of sp³-hybridized carbons (Fsp3) is 0.286. The topological polar surface area (TPSA) is 79.0 Å². The van der Waals surface area contributed by atoms with Crippen molar-refractivity contribution in [2.45, 2.75) is 6.42 Å². The van der Waals surface area contributed by atoms with E-state index in [0.717, 1.165) is 0 Å². The molecule has 1 fully saturated rings. The molecule has 2 aliphatic heterocycles. The Morgan fingerprint density at radius 1 is 1.17 bits per heavy atom. The second kappa shape index (κ2) is 7.54. The predicted octanol–water partition coefficient (Wildman–Crippen LogP) is 2.28. The van der Waals surface area contributed by atoms with E-state index < -0.39 is 5.92 Å². The van der Waals surface area contributed by atoms with E-state index in [1.165, 1.54) is 29.2 Å². The molecule has 1 atom stereocenters. The molecule has 0 saturated carbocycles. The van der Waals surface area contributed by atoms with Crippen molar-refractivity contribution in [3.8, 4) is 5.75 Å². The van der Waals surface area contributed by atoms with E-state index in [-0.39, 0.29) is 36.5 Å². The Balaban J connectivity index is 1.47. The first-order valence-corrected chi connectivity index (χ1v) is 9.31. The Labute approximate surface area is 167 Å². The minimum atomic E-state index is -0.541. The first-order valence-electron chi connectivity index (χ1n) is 9.31. The van der Waals surface area contributed by atoms with Gasteiger partial charge in [0, 0.05) is 31.4 Å². The van der Waals surface area contributed by atoms with Gasteiger partial charge in [-0.1, -0.05) is 0 Å². The molecule has 0 radical (unpaired) electrons. The molecule has 2 aliphatic rings. The largest absolute Gasteiger partial charge is 0.491 e. The molecule has 3 amide bonds. The molecule has 0 aliphatic carbocycles. The van der Waals surface area contributed by atoms with Gasteiger partial charge in [-0.25, -0.2) is 4.39 Å². The molecule has 1 N–H and O–H groups in total. The maximum Gasteiger partial charge on any atom is 0.257 e. The molecule has 2 heterocycles. The number of hydrogen-bond acceptors (Lipinski definition) is 4. The fourth-order valence-corrected chi connectivity index (χ4v) is 3.50. The van der Waals surface area contributed by atoms with Crippen LogP contribution < -0.4 is 15.0 Å². The Kier molecular flexibility index (Phi) is 4.92. The average molecular weight is 397 g/mol. The van der Waals surface area contributed by atoms with Gasteiger partial charge >= 0.3 is 0 Å². The van der Waals surface area contributed by atoms with E-state index in [2.05, 4.69) is 5.32 Å². The third-order valence-electron chi connectivity index (χ3n) is 5.14. The van der Waals surface area contributed by atoms with E-state index in [9.17, 15) is 18.8 Å². The number of likely N-dealkylation sites (N-methyl/N-ethyl adjacent to an activating group) is 1. The Morgan fingerprint density at radius 3 is 2.69 bits per heavy atom. The lowest BCUT2D eigenvalue weighted by Gasteiger charge is -2.17. The van der Waals surface area contributed by atoms with Crippen molar-refractivity contribution in [1.82, 2.24) is 4.90 Å². The summed E-state index contributed by atoms with van der Waals surface area (Å²) >= 11 is 0. The van der Waals surface area contributed by atoms with Gasteiger partial charge in [-0.05, 0) is 42.5 Å². The van der Waals surface area contributed by atoms with E-state index >= 15 is 0 Å². The molecule has 7 nitrogen and oxygen atoms in total. The third-order valence-corrected chi connectivity index (χ3v) is 5.14. The summed E-state index contributed by atoms with van der Waals surface area (Å²) in [6, 6.07) is 10.5. The Hall–Kier alpha value is -3.42. The zero-order chi connectivity index (χ0) is 20.5. The van der Waals surface area contributed by atoms with Gasteiger partial charge in [-0.15, -0.1) is 0 Å². The number of rotatable bonds is 3. The highest BCUT2D eigenvalue weighted by molar-refractivity contribution is 6.04. The van der Waals surface area contributed by atoms with Crippen LogP contribution in [0.25, 0.3) is 0 Å². The molecule has 2 aromatic rings. The third kappa shape index (κ3) is 3.78. The van der Waals surface area contributed by atoms with Crippen LogP contribution in [0.15, 0.2) is 42.5 Å². The second-order valence-electron chi connectivity index (χ2n) is 7.16. The van der Waals surface area contributed by atoms with Crippen LogP contribution in [0.1, 0.15) is 16.8 Å². The summed E-state index contributed by atoms with van der Waals surface area (Å²) in [7, 11) is 1.69. The number of ether oxygens (including phenoxy) is 1. The highest BCUT2D eigenvalue weighted by Gasteiger charge is 2.35. The maximum absolute atomic E-state index is 13.1. The van der Waals surface area contributed by atoms with Crippen LogP contribution in [0.4, 0.5) is 15.8 Å². The monoisotopic (exact) mass is 397 g/mol. The van der Waals surface area contributed by atoms with Crippen molar-refractivity contribution in [3.63, 3.8) is 0 Å². The molecule has 0 bridgehead atoms. The van der Waals surface area contributed by atoms with Gasteiger partial charge in [0.05, 0.1) is 18.0 Å². The second-order valence-corrected chi connectivity index (χ2v) is 7.16. The summed E-state index contributed by atoms with van der Waals surface area (Å²) in [6.45, 7) is 1.11. The van der Waals surface area contributed by atoms with Gasteiger partial charge in [0.15, 0.2) is 0 Å². The summed E-state index contributed by atoms with van der Waals surface area (Å²) in [5.74, 6) is -1.12. The van der Waals surface area contributed by atoms with Crippen molar-refractivity contribution in [2.24, 2.45) is 5.92 Å². The van der Waals surface area contributed by atoms with Gasteiger partial charge in [0.1, 0.15) is 18.2 Å². The van der Waals surface area contributed by atoms with Gasteiger partial charge in [0.2, 0.25) is 11.8 Å². The summed E-state index contributed by atoms with van der Waals surface area (Å²) in [5, 5.41) is 2.79. The summed E-state index contributed by atoms with van der Waals surface area (Å²) in [4.78, 5) is 40.5. The summed E-state index contributed by atoms with van der Waals surface area (Å²) in [6.07, 6.45) is 0.0684. The van der Waals surface area contributed by atoms with Gasteiger partial charge in [-0.3, -0.25) is 14.4 Å². The van der Waals surface area contributed by atoms with Crippen LogP contribution in [-0.2, 0) is 9.59 Å². The molecule has 150 valence electrons. The van der Waals surface area contributed by atoms with Gasteiger partial charge < -0.3 is 19.9 Å². The van der Waals surface area contributed by atoms with Crippen LogP contribution >= 0.6 is 0 Å². The number of halogens is 1. The van der Waals surface area contributed by atoms with Crippen molar-refractivity contribution in [2.75, 3.05) is 37.0 Å². The number of carbonyl (C=O) groups excluding carboxylic acids is 3. The van der Waals surface area contributed by atoms with E-state index in [0.29, 0.717) is 35.8 Å². The van der Waals surface area contributed by atoms with Crippen LogP contribution in [0.5, 0.6) is 5.75 Å². The van der Waals surface area contributed by atoms with Gasteiger partial charge in [-0.2, -0.15) is 0 Å². The number of anilines is 2. The average Bonchev–Trinajstić information content (AvgIpc) is 3.04. The standard InChI is InChI=1S/C21H20FN3O4/c1-24-8-9-29-18-7-4-15(11-17(18)21(24)28)23-20(27)13-10-19(26)25(12-13)16-5-2-14(22)3-6-16/h2-7,11,13H,8-10,12H2,1H3,(H,23,27)/t13-/m1/s1. The smallest absolute Gasteiger partial charge is 0.257 e. The molecule has 0 spiro atoms. The predicted molar refractivity (Wildman–Crippen MR) is 104 cm³/mol. The quantitative estimate of drug-likeness (QED) is 0.862. The molecular weight excluding hydrogens is 377 g/mol.